The highest BCUT2D eigenvalue weighted by atomic mass is 32.1. The zero-order valence-corrected chi connectivity index (χ0v) is 18.5. The average Bonchev–Trinajstić information content (AvgIpc) is 3.50. The van der Waals surface area contributed by atoms with Crippen molar-refractivity contribution in [2.24, 2.45) is 5.92 Å². The van der Waals surface area contributed by atoms with Gasteiger partial charge in [-0.2, -0.15) is 0 Å². The Balaban J connectivity index is 1.44. The van der Waals surface area contributed by atoms with Crippen molar-refractivity contribution in [3.05, 3.63) is 47.3 Å². The van der Waals surface area contributed by atoms with Crippen LogP contribution in [-0.2, 0) is 0 Å². The van der Waals surface area contributed by atoms with Crippen LogP contribution in [0.2, 0.25) is 0 Å². The molecule has 0 atom stereocenters. The maximum atomic E-state index is 12.7. The summed E-state index contributed by atoms with van der Waals surface area (Å²) in [5.41, 5.74) is 2.92. The summed E-state index contributed by atoms with van der Waals surface area (Å²) in [6.07, 6.45) is 4.47. The van der Waals surface area contributed by atoms with Gasteiger partial charge in [-0.1, -0.05) is 44.0 Å². The molecule has 4 nitrogen and oxygen atoms in total. The van der Waals surface area contributed by atoms with E-state index in [0.29, 0.717) is 5.78 Å². The number of ketones is 1. The molecule has 3 heterocycles. The van der Waals surface area contributed by atoms with Gasteiger partial charge in [0.1, 0.15) is 5.82 Å². The topological polar surface area (TPSA) is 36.4 Å². The summed E-state index contributed by atoms with van der Waals surface area (Å²) in [4.78, 5) is 22.8. The number of carbonyl (C=O) groups is 1. The Morgan fingerprint density at radius 3 is 2.50 bits per heavy atom. The number of carbonyl (C=O) groups excluding carboxylic acids is 1. The molecule has 2 fully saturated rings. The highest BCUT2D eigenvalue weighted by Gasteiger charge is 2.24. The van der Waals surface area contributed by atoms with Crippen LogP contribution in [0.15, 0.2) is 41.8 Å². The lowest BCUT2D eigenvalue weighted by Crippen LogP contribution is -2.46. The van der Waals surface area contributed by atoms with Crippen molar-refractivity contribution in [2.45, 2.75) is 32.6 Å². The molecule has 1 saturated carbocycles. The van der Waals surface area contributed by atoms with Crippen LogP contribution < -0.4 is 4.90 Å². The number of Topliss-reactive ketones (excluding diaryl/α,β-unsaturated/α-hetero) is 1. The summed E-state index contributed by atoms with van der Waals surface area (Å²) in [6.45, 7) is 7.56. The van der Waals surface area contributed by atoms with E-state index in [1.807, 2.05) is 12.1 Å². The number of aromatic nitrogens is 1. The van der Waals surface area contributed by atoms with Crippen molar-refractivity contribution in [2.75, 3.05) is 37.6 Å². The standard InChI is InChI=1S/C25H29N3OS/c1-2-27-12-14-28(15-13-27)25-24-21(11-16-30-24)17-22(26-25)18-7-9-20(10-8-18)23(29)19-5-3-4-6-19/h7-11,16-17,19H,2-6,12-15H2,1H3. The predicted octanol–water partition coefficient (Wildman–Crippen LogP) is 5.48. The van der Waals surface area contributed by atoms with E-state index in [4.69, 9.17) is 4.98 Å². The maximum absolute atomic E-state index is 12.7. The molecule has 0 bridgehead atoms. The van der Waals surface area contributed by atoms with Crippen molar-refractivity contribution in [1.29, 1.82) is 0 Å². The van der Waals surface area contributed by atoms with E-state index in [9.17, 15) is 4.79 Å². The van der Waals surface area contributed by atoms with Gasteiger partial charge in [-0.25, -0.2) is 4.98 Å². The molecular formula is C25H29N3OS. The zero-order valence-electron chi connectivity index (χ0n) is 17.6. The third-order valence-electron chi connectivity index (χ3n) is 6.73. The van der Waals surface area contributed by atoms with E-state index in [1.165, 1.54) is 22.9 Å². The van der Waals surface area contributed by atoms with Crippen molar-refractivity contribution in [3.8, 4) is 11.3 Å². The van der Waals surface area contributed by atoms with Gasteiger partial charge in [-0.15, -0.1) is 11.3 Å². The first-order valence-corrected chi connectivity index (χ1v) is 12.1. The van der Waals surface area contributed by atoms with Crippen molar-refractivity contribution in [3.63, 3.8) is 0 Å². The first-order valence-electron chi connectivity index (χ1n) is 11.2. The second-order valence-electron chi connectivity index (χ2n) is 8.51. The van der Waals surface area contributed by atoms with E-state index < -0.39 is 0 Å². The van der Waals surface area contributed by atoms with E-state index >= 15 is 0 Å². The van der Waals surface area contributed by atoms with Gasteiger partial charge in [0.15, 0.2) is 5.78 Å². The van der Waals surface area contributed by atoms with Crippen LogP contribution in [0, 0.1) is 5.92 Å². The quantitative estimate of drug-likeness (QED) is 0.513. The van der Waals surface area contributed by atoms with Crippen LogP contribution in [0.4, 0.5) is 5.82 Å². The number of hydrogen-bond donors (Lipinski definition) is 0. The number of nitrogens with zero attached hydrogens (tertiary/aromatic N) is 3. The Morgan fingerprint density at radius 2 is 1.80 bits per heavy atom. The van der Waals surface area contributed by atoms with E-state index in [-0.39, 0.29) is 5.92 Å². The molecular weight excluding hydrogens is 390 g/mol. The average molecular weight is 420 g/mol. The summed E-state index contributed by atoms with van der Waals surface area (Å²) in [7, 11) is 0. The number of hydrogen-bond acceptors (Lipinski definition) is 5. The lowest BCUT2D eigenvalue weighted by Gasteiger charge is -2.35. The summed E-state index contributed by atoms with van der Waals surface area (Å²) in [6, 6.07) is 12.5. The maximum Gasteiger partial charge on any atom is 0.165 e. The van der Waals surface area contributed by atoms with Crippen LogP contribution in [-0.4, -0.2) is 48.4 Å². The van der Waals surface area contributed by atoms with Crippen molar-refractivity contribution >= 4 is 33.0 Å². The molecule has 1 aromatic carbocycles. The van der Waals surface area contributed by atoms with Crippen LogP contribution >= 0.6 is 11.3 Å². The van der Waals surface area contributed by atoms with E-state index in [1.54, 1.807) is 11.3 Å². The van der Waals surface area contributed by atoms with Gasteiger partial charge in [0, 0.05) is 43.2 Å². The van der Waals surface area contributed by atoms with Crippen LogP contribution in [0.3, 0.4) is 0 Å². The highest BCUT2D eigenvalue weighted by Crippen LogP contribution is 2.35. The fraction of sp³-hybridized carbons (Fsp3) is 0.440. The molecule has 156 valence electrons. The second-order valence-corrected chi connectivity index (χ2v) is 9.43. The number of rotatable bonds is 5. The molecule has 5 heteroatoms. The molecule has 5 rings (SSSR count). The first kappa shape index (κ1) is 19.7. The number of piperazine rings is 1. The molecule has 0 radical (unpaired) electrons. The Kier molecular flexibility index (Phi) is 5.57. The van der Waals surface area contributed by atoms with Gasteiger partial charge in [0.25, 0.3) is 0 Å². The minimum Gasteiger partial charge on any atom is -0.353 e. The molecule has 0 N–H and O–H groups in total. The van der Waals surface area contributed by atoms with Crippen LogP contribution in [0.1, 0.15) is 43.0 Å². The van der Waals surface area contributed by atoms with E-state index in [0.717, 1.165) is 68.2 Å². The molecule has 0 unspecified atom stereocenters. The molecule has 0 spiro atoms. The van der Waals surface area contributed by atoms with Gasteiger partial charge >= 0.3 is 0 Å². The Morgan fingerprint density at radius 1 is 1.07 bits per heavy atom. The van der Waals surface area contributed by atoms with Gasteiger partial charge in [-0.3, -0.25) is 4.79 Å². The third kappa shape index (κ3) is 3.77. The predicted molar refractivity (Wildman–Crippen MR) is 126 cm³/mol. The highest BCUT2D eigenvalue weighted by molar-refractivity contribution is 7.17. The monoisotopic (exact) mass is 419 g/mol. The Hall–Kier alpha value is -2.24. The normalized spacial score (nSPS) is 18.4. The van der Waals surface area contributed by atoms with Gasteiger partial charge in [-0.05, 0) is 42.3 Å². The number of pyridine rings is 1. The molecule has 1 aliphatic heterocycles. The minimum absolute atomic E-state index is 0.226. The third-order valence-corrected chi connectivity index (χ3v) is 7.65. The fourth-order valence-electron chi connectivity index (χ4n) is 4.83. The Bertz CT molecular complexity index is 1030. The SMILES string of the molecule is CCN1CCN(c2nc(-c3ccc(C(=O)C4CCCC4)cc3)cc3ccsc23)CC1. The molecule has 0 amide bonds. The largest absolute Gasteiger partial charge is 0.353 e. The number of likely N-dealkylation sites (N-methyl/N-ethyl adjacent to an activating group) is 1. The molecule has 30 heavy (non-hydrogen) atoms. The van der Waals surface area contributed by atoms with Gasteiger partial charge < -0.3 is 9.80 Å². The van der Waals surface area contributed by atoms with Gasteiger partial charge in [0.05, 0.1) is 10.4 Å². The lowest BCUT2D eigenvalue weighted by molar-refractivity contribution is 0.0923. The fourth-order valence-corrected chi connectivity index (χ4v) is 5.72. The summed E-state index contributed by atoms with van der Waals surface area (Å²) in [5.74, 6) is 1.65. The van der Waals surface area contributed by atoms with Gasteiger partial charge in [0.2, 0.25) is 0 Å². The lowest BCUT2D eigenvalue weighted by atomic mass is 9.95. The number of thiophene rings is 1. The van der Waals surface area contributed by atoms with Crippen LogP contribution in [0.25, 0.3) is 21.3 Å². The van der Waals surface area contributed by atoms with Crippen LogP contribution in [0.5, 0.6) is 0 Å². The minimum atomic E-state index is 0.226. The summed E-state index contributed by atoms with van der Waals surface area (Å²) >= 11 is 1.78. The van der Waals surface area contributed by atoms with Crippen molar-refractivity contribution in [1.82, 2.24) is 9.88 Å². The molecule has 3 aromatic rings. The summed E-state index contributed by atoms with van der Waals surface area (Å²) < 4.78 is 1.27. The first-order chi connectivity index (χ1) is 14.7. The molecule has 2 aromatic heterocycles. The molecule has 2 aliphatic rings. The number of benzene rings is 1. The number of anilines is 1. The summed E-state index contributed by atoms with van der Waals surface area (Å²) in [5, 5.41) is 3.41. The number of fused-ring (bicyclic) bond motifs is 1. The zero-order chi connectivity index (χ0) is 20.5. The second kappa shape index (κ2) is 8.48. The Labute approximate surface area is 182 Å². The molecule has 1 saturated heterocycles. The smallest absolute Gasteiger partial charge is 0.165 e. The van der Waals surface area contributed by atoms with E-state index in [2.05, 4.69) is 46.4 Å². The molecule has 1 aliphatic carbocycles. The van der Waals surface area contributed by atoms with Crippen molar-refractivity contribution < 1.29 is 4.79 Å².